The van der Waals surface area contributed by atoms with Crippen molar-refractivity contribution in [1.29, 1.82) is 0 Å². The summed E-state index contributed by atoms with van der Waals surface area (Å²) in [4.78, 5) is 60.8. The van der Waals surface area contributed by atoms with Crippen molar-refractivity contribution in [1.82, 2.24) is 16.0 Å². The molecule has 10 heteroatoms. The van der Waals surface area contributed by atoms with E-state index in [1.165, 1.54) is 0 Å². The third-order valence-electron chi connectivity index (χ3n) is 5.02. The molecule has 0 aliphatic carbocycles. The van der Waals surface area contributed by atoms with Crippen LogP contribution in [0.15, 0.2) is 30.3 Å². The highest BCUT2D eigenvalue weighted by molar-refractivity contribution is 5.90. The fraction of sp³-hybridized carbons (Fsp3) is 0.560. The van der Waals surface area contributed by atoms with Crippen LogP contribution in [0.4, 0.5) is 4.79 Å². The Morgan fingerprint density at radius 1 is 0.943 bits per heavy atom. The Balaban J connectivity index is 2.78. The molecule has 1 rings (SSSR count). The summed E-state index contributed by atoms with van der Waals surface area (Å²) in [5.41, 5.74) is 0.750. The molecule has 0 aliphatic rings. The maximum absolute atomic E-state index is 12.9. The summed E-state index contributed by atoms with van der Waals surface area (Å²) in [5.74, 6) is -2.30. The molecule has 1 aromatic carbocycles. The van der Waals surface area contributed by atoms with Crippen LogP contribution in [-0.4, -0.2) is 53.4 Å². The molecule has 194 valence electrons. The van der Waals surface area contributed by atoms with Crippen LogP contribution in [0.2, 0.25) is 0 Å². The van der Waals surface area contributed by atoms with Gasteiger partial charge < -0.3 is 25.8 Å². The molecule has 1 aromatic rings. The van der Waals surface area contributed by atoms with Gasteiger partial charge in [-0.1, -0.05) is 51.1 Å². The lowest BCUT2D eigenvalue weighted by Crippen LogP contribution is -2.52. The number of carboxylic acids is 1. The van der Waals surface area contributed by atoms with Crippen molar-refractivity contribution in [3.63, 3.8) is 0 Å². The molecule has 0 spiro atoms. The first-order chi connectivity index (χ1) is 16.6. The number of nitrogens with one attached hydrogen (secondary N) is 3. The summed E-state index contributed by atoms with van der Waals surface area (Å²) < 4.78 is 5.16. The maximum Gasteiger partial charge on any atom is 0.408 e. The van der Waals surface area contributed by atoms with E-state index in [9.17, 15) is 29.1 Å². The first kappa shape index (κ1) is 29.6. The second-order valence-corrected chi connectivity index (χ2v) is 8.72. The molecule has 0 fully saturated rings. The highest BCUT2D eigenvalue weighted by Crippen LogP contribution is 2.08. The molecule has 0 aliphatic heterocycles. The Morgan fingerprint density at radius 3 is 2.20 bits per heavy atom. The summed E-state index contributed by atoms with van der Waals surface area (Å²) in [6, 6.07) is 6.44. The van der Waals surface area contributed by atoms with Crippen LogP contribution >= 0.6 is 0 Å². The summed E-state index contributed by atoms with van der Waals surface area (Å²) >= 11 is 0. The fourth-order valence-electron chi connectivity index (χ4n) is 3.20. The van der Waals surface area contributed by atoms with Crippen LogP contribution < -0.4 is 16.0 Å². The standard InChI is InChI=1S/C25H37N3O7/c1-4-14-26-22(30)13-12-20(28-25(34)35-16-18-8-6-5-7-9-18)23(31)27-21(24(32)33)11-10-19(29)15-17(2)3/h5-9,17,20-21H,4,10-16H2,1-3H3,(H,26,30)(H,27,31)(H,28,34)(H,32,33). The topological polar surface area (TPSA) is 151 Å². The van der Waals surface area contributed by atoms with Gasteiger partial charge in [-0.2, -0.15) is 0 Å². The highest BCUT2D eigenvalue weighted by atomic mass is 16.5. The lowest BCUT2D eigenvalue weighted by molar-refractivity contribution is -0.142. The van der Waals surface area contributed by atoms with Crippen molar-refractivity contribution in [2.45, 2.75) is 78.0 Å². The number of carbonyl (C=O) groups excluding carboxylic acids is 4. The lowest BCUT2D eigenvalue weighted by atomic mass is 10.0. The van der Waals surface area contributed by atoms with Gasteiger partial charge in [0.2, 0.25) is 11.8 Å². The molecule has 3 amide bonds. The van der Waals surface area contributed by atoms with Gasteiger partial charge in [0.25, 0.3) is 0 Å². The van der Waals surface area contributed by atoms with Crippen molar-refractivity contribution < 1.29 is 33.8 Å². The molecular weight excluding hydrogens is 454 g/mol. The zero-order chi connectivity index (χ0) is 26.2. The zero-order valence-corrected chi connectivity index (χ0v) is 20.7. The molecule has 0 saturated heterocycles. The molecule has 2 unspecified atom stereocenters. The van der Waals surface area contributed by atoms with Crippen molar-refractivity contribution in [3.05, 3.63) is 35.9 Å². The van der Waals surface area contributed by atoms with E-state index >= 15 is 0 Å². The number of Topliss-reactive ketones (excluding diaryl/α,β-unsaturated/α-hetero) is 1. The predicted octanol–water partition coefficient (Wildman–Crippen LogP) is 2.55. The van der Waals surface area contributed by atoms with E-state index in [1.807, 2.05) is 26.8 Å². The van der Waals surface area contributed by atoms with Crippen LogP contribution in [0.3, 0.4) is 0 Å². The number of carboxylic acid groups (broad SMARTS) is 1. The van der Waals surface area contributed by atoms with Crippen molar-refractivity contribution in [3.8, 4) is 0 Å². The highest BCUT2D eigenvalue weighted by Gasteiger charge is 2.28. The third-order valence-corrected chi connectivity index (χ3v) is 5.02. The van der Waals surface area contributed by atoms with Crippen LogP contribution in [0.5, 0.6) is 0 Å². The Kier molecular flexibility index (Phi) is 13.7. The van der Waals surface area contributed by atoms with Crippen molar-refractivity contribution in [2.75, 3.05) is 6.54 Å². The Bertz CT molecular complexity index is 843. The first-order valence-electron chi connectivity index (χ1n) is 11.9. The number of rotatable bonds is 16. The summed E-state index contributed by atoms with van der Waals surface area (Å²) in [6.45, 7) is 6.14. The van der Waals surface area contributed by atoms with Gasteiger partial charge in [-0.15, -0.1) is 0 Å². The predicted molar refractivity (Wildman–Crippen MR) is 129 cm³/mol. The van der Waals surface area contributed by atoms with Gasteiger partial charge in [0.1, 0.15) is 24.5 Å². The second-order valence-electron chi connectivity index (χ2n) is 8.72. The molecule has 0 aromatic heterocycles. The van der Waals surface area contributed by atoms with Crippen molar-refractivity contribution >= 4 is 29.7 Å². The van der Waals surface area contributed by atoms with Crippen molar-refractivity contribution in [2.24, 2.45) is 5.92 Å². The SMILES string of the molecule is CCCNC(=O)CCC(NC(=O)OCc1ccccc1)C(=O)NC(CCC(=O)CC(C)C)C(=O)O. The van der Waals surface area contributed by atoms with E-state index in [0.717, 1.165) is 12.0 Å². The Hall–Kier alpha value is -3.43. The average Bonchev–Trinajstić information content (AvgIpc) is 2.81. The van der Waals surface area contributed by atoms with Gasteiger partial charge in [0, 0.05) is 25.8 Å². The Morgan fingerprint density at radius 2 is 1.60 bits per heavy atom. The van der Waals surface area contributed by atoms with Gasteiger partial charge >= 0.3 is 12.1 Å². The monoisotopic (exact) mass is 491 g/mol. The second kappa shape index (κ2) is 16.2. The quantitative estimate of drug-likeness (QED) is 0.277. The largest absolute Gasteiger partial charge is 0.480 e. The smallest absolute Gasteiger partial charge is 0.408 e. The van der Waals surface area contributed by atoms with Gasteiger partial charge in [-0.3, -0.25) is 14.4 Å². The number of hydrogen-bond acceptors (Lipinski definition) is 6. The molecule has 4 N–H and O–H groups in total. The van der Waals surface area contributed by atoms with E-state index in [4.69, 9.17) is 4.74 Å². The number of benzene rings is 1. The fourth-order valence-corrected chi connectivity index (χ4v) is 3.20. The summed E-state index contributed by atoms with van der Waals surface area (Å²) in [7, 11) is 0. The first-order valence-corrected chi connectivity index (χ1v) is 11.9. The van der Waals surface area contributed by atoms with E-state index in [1.54, 1.807) is 24.3 Å². The van der Waals surface area contributed by atoms with E-state index in [-0.39, 0.29) is 49.9 Å². The van der Waals surface area contributed by atoms with Crippen LogP contribution in [0.1, 0.15) is 64.9 Å². The minimum Gasteiger partial charge on any atom is -0.480 e. The molecular formula is C25H37N3O7. The van der Waals surface area contributed by atoms with Gasteiger partial charge in [0.15, 0.2) is 0 Å². The number of ether oxygens (including phenoxy) is 1. The van der Waals surface area contributed by atoms with E-state index in [2.05, 4.69) is 16.0 Å². The number of aliphatic carboxylic acids is 1. The summed E-state index contributed by atoms with van der Waals surface area (Å²) in [6.07, 6.45) is 0.0188. The average molecular weight is 492 g/mol. The number of ketones is 1. The molecule has 0 radical (unpaired) electrons. The number of alkyl carbamates (subject to hydrolysis) is 1. The van der Waals surface area contributed by atoms with Gasteiger partial charge in [0.05, 0.1) is 0 Å². The molecule has 10 nitrogen and oxygen atoms in total. The molecule has 2 atom stereocenters. The van der Waals surface area contributed by atoms with Gasteiger partial charge in [-0.05, 0) is 30.7 Å². The molecule has 0 bridgehead atoms. The number of carbonyl (C=O) groups is 5. The zero-order valence-electron chi connectivity index (χ0n) is 20.7. The maximum atomic E-state index is 12.9. The molecule has 0 heterocycles. The molecule has 35 heavy (non-hydrogen) atoms. The van der Waals surface area contributed by atoms with E-state index in [0.29, 0.717) is 13.0 Å². The van der Waals surface area contributed by atoms with E-state index < -0.39 is 30.1 Å². The van der Waals surface area contributed by atoms with Crippen LogP contribution in [0.25, 0.3) is 0 Å². The lowest BCUT2D eigenvalue weighted by Gasteiger charge is -2.21. The van der Waals surface area contributed by atoms with Crippen LogP contribution in [-0.2, 0) is 30.5 Å². The minimum absolute atomic E-state index is 0.00601. The number of hydrogen-bond donors (Lipinski definition) is 4. The van der Waals surface area contributed by atoms with Gasteiger partial charge in [-0.25, -0.2) is 9.59 Å². The summed E-state index contributed by atoms with van der Waals surface area (Å²) in [5, 5.41) is 17.0. The normalized spacial score (nSPS) is 12.3. The number of amides is 3. The third kappa shape index (κ3) is 13.1. The Labute approximate surface area is 206 Å². The minimum atomic E-state index is -1.31. The molecule has 0 saturated carbocycles. The van der Waals surface area contributed by atoms with Crippen LogP contribution in [0, 0.1) is 5.92 Å².